The molecule has 0 radical (unpaired) electrons. The summed E-state index contributed by atoms with van der Waals surface area (Å²) < 4.78 is 5.27. The number of ether oxygens (including phenoxy) is 1. The second kappa shape index (κ2) is 8.01. The first-order chi connectivity index (χ1) is 12.1. The van der Waals surface area contributed by atoms with Crippen molar-refractivity contribution in [2.45, 2.75) is 32.1 Å². The molecule has 132 valence electrons. The highest BCUT2D eigenvalue weighted by atomic mass is 16.5. The topological polar surface area (TPSA) is 75.6 Å². The molecule has 0 aliphatic heterocycles. The van der Waals surface area contributed by atoms with Crippen molar-refractivity contribution >= 4 is 22.6 Å². The summed E-state index contributed by atoms with van der Waals surface area (Å²) in [5, 5.41) is 13.9. The van der Waals surface area contributed by atoms with Crippen LogP contribution in [0.5, 0.6) is 5.75 Å². The van der Waals surface area contributed by atoms with Gasteiger partial charge < -0.3 is 15.2 Å². The van der Waals surface area contributed by atoms with Crippen LogP contribution in [-0.4, -0.2) is 30.1 Å². The molecule has 1 aliphatic carbocycles. The fraction of sp³-hybridized carbons (Fsp3) is 0.400. The minimum Gasteiger partial charge on any atom is -0.482 e. The fourth-order valence-electron chi connectivity index (χ4n) is 3.42. The fourth-order valence-corrected chi connectivity index (χ4v) is 3.42. The van der Waals surface area contributed by atoms with Crippen molar-refractivity contribution in [3.63, 3.8) is 0 Å². The molecule has 2 N–H and O–H groups in total. The largest absolute Gasteiger partial charge is 0.482 e. The van der Waals surface area contributed by atoms with Crippen LogP contribution in [0.15, 0.2) is 36.4 Å². The van der Waals surface area contributed by atoms with Crippen LogP contribution < -0.4 is 10.1 Å². The Labute approximate surface area is 147 Å². The number of carbonyl (C=O) groups is 2. The van der Waals surface area contributed by atoms with Crippen molar-refractivity contribution in [3.05, 3.63) is 42.0 Å². The summed E-state index contributed by atoms with van der Waals surface area (Å²) in [4.78, 5) is 22.8. The predicted molar refractivity (Wildman–Crippen MR) is 95.8 cm³/mol. The van der Waals surface area contributed by atoms with Crippen molar-refractivity contribution in [1.29, 1.82) is 0 Å². The van der Waals surface area contributed by atoms with Crippen molar-refractivity contribution < 1.29 is 19.4 Å². The van der Waals surface area contributed by atoms with Crippen LogP contribution in [0.3, 0.4) is 0 Å². The highest BCUT2D eigenvalue weighted by Crippen LogP contribution is 2.26. The Balaban J connectivity index is 1.66. The van der Waals surface area contributed by atoms with Gasteiger partial charge in [0.05, 0.1) is 0 Å². The van der Waals surface area contributed by atoms with Gasteiger partial charge in [-0.05, 0) is 47.7 Å². The Bertz CT molecular complexity index is 765. The Morgan fingerprint density at radius 3 is 2.72 bits per heavy atom. The van der Waals surface area contributed by atoms with E-state index in [-0.39, 0.29) is 18.4 Å². The lowest BCUT2D eigenvalue weighted by atomic mass is 10.0. The molecule has 1 fully saturated rings. The number of hydrogen-bond donors (Lipinski definition) is 2. The normalized spacial score (nSPS) is 14.6. The van der Waals surface area contributed by atoms with E-state index in [0.717, 1.165) is 48.4 Å². The second-order valence-electron chi connectivity index (χ2n) is 6.50. The van der Waals surface area contributed by atoms with Crippen molar-refractivity contribution in [2.75, 3.05) is 13.2 Å². The molecular formula is C20H23NO4. The van der Waals surface area contributed by atoms with E-state index in [1.807, 2.05) is 30.3 Å². The Kier molecular flexibility index (Phi) is 5.53. The van der Waals surface area contributed by atoms with Crippen LogP contribution >= 0.6 is 0 Å². The van der Waals surface area contributed by atoms with Crippen LogP contribution in [0, 0.1) is 5.92 Å². The van der Waals surface area contributed by atoms with Gasteiger partial charge in [0.15, 0.2) is 6.61 Å². The molecule has 0 unspecified atom stereocenters. The maximum Gasteiger partial charge on any atom is 0.341 e. The third-order valence-corrected chi connectivity index (χ3v) is 4.73. The SMILES string of the molecule is O=C(O)COc1ccc2cccc(CCNC(=O)C3CCCC3)c2c1. The zero-order valence-electron chi connectivity index (χ0n) is 14.2. The summed E-state index contributed by atoms with van der Waals surface area (Å²) in [6, 6.07) is 11.6. The molecule has 5 heteroatoms. The number of amides is 1. The van der Waals surface area contributed by atoms with Gasteiger partial charge in [-0.1, -0.05) is 37.1 Å². The van der Waals surface area contributed by atoms with Crippen molar-refractivity contribution in [3.8, 4) is 5.75 Å². The van der Waals surface area contributed by atoms with Crippen molar-refractivity contribution in [1.82, 2.24) is 5.32 Å². The smallest absolute Gasteiger partial charge is 0.341 e. The summed E-state index contributed by atoms with van der Waals surface area (Å²) in [6.07, 6.45) is 5.05. The third kappa shape index (κ3) is 4.50. The van der Waals surface area contributed by atoms with Gasteiger partial charge in [0.25, 0.3) is 0 Å². The zero-order chi connectivity index (χ0) is 17.6. The molecule has 1 amide bonds. The highest BCUT2D eigenvalue weighted by Gasteiger charge is 2.21. The molecule has 25 heavy (non-hydrogen) atoms. The zero-order valence-corrected chi connectivity index (χ0v) is 14.2. The van der Waals surface area contributed by atoms with Gasteiger partial charge >= 0.3 is 5.97 Å². The first-order valence-electron chi connectivity index (χ1n) is 8.77. The minimum absolute atomic E-state index is 0.170. The van der Waals surface area contributed by atoms with Gasteiger partial charge in [-0.15, -0.1) is 0 Å². The van der Waals surface area contributed by atoms with E-state index in [1.165, 1.54) is 0 Å². The number of carbonyl (C=O) groups excluding carboxylic acids is 1. The number of carboxylic acid groups (broad SMARTS) is 1. The van der Waals surface area contributed by atoms with E-state index in [2.05, 4.69) is 5.32 Å². The van der Waals surface area contributed by atoms with E-state index in [9.17, 15) is 9.59 Å². The predicted octanol–water partition coefficient (Wildman–Crippen LogP) is 3.15. The summed E-state index contributed by atoms with van der Waals surface area (Å²) in [7, 11) is 0. The number of rotatable bonds is 7. The maximum atomic E-state index is 12.1. The first kappa shape index (κ1) is 17.3. The molecule has 0 heterocycles. The molecule has 0 spiro atoms. The highest BCUT2D eigenvalue weighted by molar-refractivity contribution is 5.87. The number of hydrogen-bond acceptors (Lipinski definition) is 3. The van der Waals surface area contributed by atoms with Gasteiger partial charge in [0, 0.05) is 12.5 Å². The maximum absolute atomic E-state index is 12.1. The monoisotopic (exact) mass is 341 g/mol. The average Bonchev–Trinajstić information content (AvgIpc) is 3.14. The van der Waals surface area contributed by atoms with E-state index < -0.39 is 5.97 Å². The molecular weight excluding hydrogens is 318 g/mol. The van der Waals surface area contributed by atoms with Crippen LogP contribution in [0.4, 0.5) is 0 Å². The Morgan fingerprint density at radius 1 is 1.16 bits per heavy atom. The van der Waals surface area contributed by atoms with Crippen LogP contribution in [-0.2, 0) is 16.0 Å². The number of nitrogens with one attached hydrogen (secondary N) is 1. The Morgan fingerprint density at radius 2 is 1.96 bits per heavy atom. The van der Waals surface area contributed by atoms with Gasteiger partial charge in [-0.3, -0.25) is 4.79 Å². The van der Waals surface area contributed by atoms with E-state index in [4.69, 9.17) is 9.84 Å². The first-order valence-corrected chi connectivity index (χ1v) is 8.77. The molecule has 5 nitrogen and oxygen atoms in total. The average molecular weight is 341 g/mol. The summed E-state index contributed by atoms with van der Waals surface area (Å²) in [5.41, 5.74) is 1.12. The minimum atomic E-state index is -0.997. The molecule has 2 aromatic rings. The molecule has 0 aromatic heterocycles. The molecule has 3 rings (SSSR count). The molecule has 2 aromatic carbocycles. The lowest BCUT2D eigenvalue weighted by Crippen LogP contribution is -2.30. The summed E-state index contributed by atoms with van der Waals surface area (Å²) in [5.74, 6) is -0.105. The van der Waals surface area contributed by atoms with Gasteiger partial charge in [0.2, 0.25) is 5.91 Å². The van der Waals surface area contributed by atoms with Crippen LogP contribution in [0.1, 0.15) is 31.2 Å². The molecule has 0 bridgehead atoms. The molecule has 1 aliphatic rings. The third-order valence-electron chi connectivity index (χ3n) is 4.73. The van der Waals surface area contributed by atoms with Crippen molar-refractivity contribution in [2.24, 2.45) is 5.92 Å². The van der Waals surface area contributed by atoms with E-state index in [1.54, 1.807) is 6.07 Å². The van der Waals surface area contributed by atoms with E-state index in [0.29, 0.717) is 12.3 Å². The van der Waals surface area contributed by atoms with E-state index >= 15 is 0 Å². The lowest BCUT2D eigenvalue weighted by molar-refractivity contribution is -0.139. The quantitative estimate of drug-likeness (QED) is 0.811. The van der Waals surface area contributed by atoms with Crippen LogP contribution in [0.25, 0.3) is 10.8 Å². The molecule has 0 saturated heterocycles. The summed E-state index contributed by atoms with van der Waals surface area (Å²) >= 11 is 0. The molecule has 1 saturated carbocycles. The number of benzene rings is 2. The molecule has 0 atom stereocenters. The van der Waals surface area contributed by atoms with Gasteiger partial charge in [-0.25, -0.2) is 4.79 Å². The van der Waals surface area contributed by atoms with Gasteiger partial charge in [0.1, 0.15) is 5.75 Å². The second-order valence-corrected chi connectivity index (χ2v) is 6.50. The van der Waals surface area contributed by atoms with Crippen LogP contribution in [0.2, 0.25) is 0 Å². The number of aliphatic carboxylic acids is 1. The summed E-state index contributed by atoms with van der Waals surface area (Å²) in [6.45, 7) is 0.250. The Hall–Kier alpha value is -2.56. The number of fused-ring (bicyclic) bond motifs is 1. The lowest BCUT2D eigenvalue weighted by Gasteiger charge is -2.12. The standard InChI is InChI=1S/C20H23NO4/c22-19(23)13-25-17-9-8-14-6-3-7-15(18(14)12-17)10-11-21-20(24)16-4-1-2-5-16/h3,6-9,12,16H,1-2,4-5,10-11,13H2,(H,21,24)(H,22,23). The number of carboxylic acids is 1. The van der Waals surface area contributed by atoms with Gasteiger partial charge in [-0.2, -0.15) is 0 Å².